The molecule has 1 atom stereocenters. The minimum atomic E-state index is 0.209. The van der Waals surface area contributed by atoms with Gasteiger partial charge in [-0.15, -0.1) is 0 Å². The Morgan fingerprint density at radius 3 is 2.42 bits per heavy atom. The summed E-state index contributed by atoms with van der Waals surface area (Å²) in [6, 6.07) is 8.30. The Hall–Kier alpha value is -1.68. The van der Waals surface area contributed by atoms with Crippen molar-refractivity contribution in [1.29, 1.82) is 0 Å². The molecule has 2 rings (SSSR count). The van der Waals surface area contributed by atoms with Gasteiger partial charge in [0.15, 0.2) is 0 Å². The first-order chi connectivity index (χ1) is 9.11. The SMILES string of the molecule is CC(C)c1ccc(-c2noc(C(C)CCN)n2)cc1. The number of benzene rings is 1. The molecule has 0 radical (unpaired) electrons. The van der Waals surface area contributed by atoms with Crippen molar-refractivity contribution in [2.24, 2.45) is 5.73 Å². The second kappa shape index (κ2) is 5.97. The van der Waals surface area contributed by atoms with Crippen LogP contribution in [-0.4, -0.2) is 16.7 Å². The average Bonchev–Trinajstić information content (AvgIpc) is 2.89. The summed E-state index contributed by atoms with van der Waals surface area (Å²) >= 11 is 0. The monoisotopic (exact) mass is 259 g/mol. The molecule has 19 heavy (non-hydrogen) atoms. The zero-order valence-electron chi connectivity index (χ0n) is 11.8. The van der Waals surface area contributed by atoms with Crippen molar-refractivity contribution in [1.82, 2.24) is 10.1 Å². The molecule has 0 amide bonds. The molecule has 0 aliphatic carbocycles. The van der Waals surface area contributed by atoms with Gasteiger partial charge in [0.05, 0.1) is 0 Å². The minimum absolute atomic E-state index is 0.209. The Labute approximate surface area is 114 Å². The Bertz CT molecular complexity index is 516. The van der Waals surface area contributed by atoms with E-state index in [4.69, 9.17) is 10.3 Å². The van der Waals surface area contributed by atoms with Crippen molar-refractivity contribution >= 4 is 0 Å². The smallest absolute Gasteiger partial charge is 0.229 e. The molecule has 0 bridgehead atoms. The van der Waals surface area contributed by atoms with Gasteiger partial charge in [0.1, 0.15) is 0 Å². The van der Waals surface area contributed by atoms with E-state index in [1.807, 2.05) is 19.1 Å². The van der Waals surface area contributed by atoms with Crippen LogP contribution in [0.5, 0.6) is 0 Å². The molecule has 0 saturated heterocycles. The van der Waals surface area contributed by atoms with Crippen molar-refractivity contribution in [3.05, 3.63) is 35.7 Å². The van der Waals surface area contributed by atoms with Gasteiger partial charge in [-0.1, -0.05) is 50.2 Å². The first-order valence-electron chi connectivity index (χ1n) is 6.75. The summed E-state index contributed by atoms with van der Waals surface area (Å²) in [6.07, 6.45) is 0.855. The standard InChI is InChI=1S/C15H21N3O/c1-10(2)12-4-6-13(7-5-12)14-17-15(19-18-14)11(3)8-9-16/h4-7,10-11H,8-9,16H2,1-3H3. The zero-order chi connectivity index (χ0) is 13.8. The third-order valence-corrected chi connectivity index (χ3v) is 3.30. The van der Waals surface area contributed by atoms with Gasteiger partial charge in [-0.25, -0.2) is 0 Å². The summed E-state index contributed by atoms with van der Waals surface area (Å²) in [5, 5.41) is 4.04. The summed E-state index contributed by atoms with van der Waals surface area (Å²) in [7, 11) is 0. The first kappa shape index (κ1) is 13.7. The fourth-order valence-electron chi connectivity index (χ4n) is 1.94. The minimum Gasteiger partial charge on any atom is -0.339 e. The van der Waals surface area contributed by atoms with E-state index in [2.05, 4.69) is 36.1 Å². The highest BCUT2D eigenvalue weighted by Gasteiger charge is 2.14. The summed E-state index contributed by atoms with van der Waals surface area (Å²) in [5.41, 5.74) is 7.83. The van der Waals surface area contributed by atoms with E-state index in [0.29, 0.717) is 24.2 Å². The summed E-state index contributed by atoms with van der Waals surface area (Å²) in [5.74, 6) is 2.04. The highest BCUT2D eigenvalue weighted by atomic mass is 16.5. The molecule has 0 fully saturated rings. The van der Waals surface area contributed by atoms with Crippen LogP contribution in [0.3, 0.4) is 0 Å². The second-order valence-corrected chi connectivity index (χ2v) is 5.21. The molecule has 2 aromatic rings. The molecular weight excluding hydrogens is 238 g/mol. The number of nitrogens with zero attached hydrogens (tertiary/aromatic N) is 2. The van der Waals surface area contributed by atoms with Crippen LogP contribution in [0.4, 0.5) is 0 Å². The maximum atomic E-state index is 5.54. The number of hydrogen-bond donors (Lipinski definition) is 1. The zero-order valence-corrected chi connectivity index (χ0v) is 11.8. The molecule has 0 saturated carbocycles. The van der Waals surface area contributed by atoms with Crippen LogP contribution in [0, 0.1) is 0 Å². The van der Waals surface area contributed by atoms with Gasteiger partial charge in [0.25, 0.3) is 0 Å². The molecule has 2 N–H and O–H groups in total. The molecule has 1 heterocycles. The lowest BCUT2D eigenvalue weighted by atomic mass is 10.0. The highest BCUT2D eigenvalue weighted by molar-refractivity contribution is 5.54. The number of rotatable bonds is 5. The molecule has 4 heteroatoms. The van der Waals surface area contributed by atoms with E-state index in [1.54, 1.807) is 0 Å². The number of hydrogen-bond acceptors (Lipinski definition) is 4. The van der Waals surface area contributed by atoms with Gasteiger partial charge in [-0.2, -0.15) is 4.98 Å². The van der Waals surface area contributed by atoms with E-state index in [0.717, 1.165) is 12.0 Å². The van der Waals surface area contributed by atoms with Crippen LogP contribution in [0.25, 0.3) is 11.4 Å². The van der Waals surface area contributed by atoms with Crippen LogP contribution >= 0.6 is 0 Å². The van der Waals surface area contributed by atoms with Crippen molar-refractivity contribution < 1.29 is 4.52 Å². The lowest BCUT2D eigenvalue weighted by Crippen LogP contribution is -2.04. The van der Waals surface area contributed by atoms with E-state index in [-0.39, 0.29) is 5.92 Å². The molecule has 0 aliphatic rings. The molecule has 0 aliphatic heterocycles. The third-order valence-electron chi connectivity index (χ3n) is 3.30. The van der Waals surface area contributed by atoms with Crippen LogP contribution in [0.1, 0.15) is 50.5 Å². The maximum Gasteiger partial charge on any atom is 0.229 e. The van der Waals surface area contributed by atoms with E-state index in [1.165, 1.54) is 5.56 Å². The largest absolute Gasteiger partial charge is 0.339 e. The predicted octanol–water partition coefficient (Wildman–Crippen LogP) is 3.31. The highest BCUT2D eigenvalue weighted by Crippen LogP contribution is 2.23. The topological polar surface area (TPSA) is 64.9 Å². The van der Waals surface area contributed by atoms with Gasteiger partial charge in [-0.3, -0.25) is 0 Å². The van der Waals surface area contributed by atoms with Gasteiger partial charge in [0.2, 0.25) is 11.7 Å². The van der Waals surface area contributed by atoms with Crippen LogP contribution in [0.15, 0.2) is 28.8 Å². The lowest BCUT2D eigenvalue weighted by molar-refractivity contribution is 0.355. The van der Waals surface area contributed by atoms with Crippen LogP contribution in [-0.2, 0) is 0 Å². The molecule has 4 nitrogen and oxygen atoms in total. The van der Waals surface area contributed by atoms with Crippen molar-refractivity contribution in [2.75, 3.05) is 6.54 Å². The average molecular weight is 259 g/mol. The van der Waals surface area contributed by atoms with Gasteiger partial charge >= 0.3 is 0 Å². The molecule has 1 aromatic heterocycles. The van der Waals surface area contributed by atoms with Crippen LogP contribution < -0.4 is 5.73 Å². The molecule has 102 valence electrons. The summed E-state index contributed by atoms with van der Waals surface area (Å²) in [6.45, 7) is 7.03. The molecule has 1 aromatic carbocycles. The van der Waals surface area contributed by atoms with Crippen molar-refractivity contribution in [3.63, 3.8) is 0 Å². The molecule has 1 unspecified atom stereocenters. The van der Waals surface area contributed by atoms with Gasteiger partial charge in [-0.05, 0) is 24.4 Å². The van der Waals surface area contributed by atoms with Gasteiger partial charge in [0, 0.05) is 11.5 Å². The van der Waals surface area contributed by atoms with Gasteiger partial charge < -0.3 is 10.3 Å². The van der Waals surface area contributed by atoms with E-state index >= 15 is 0 Å². The molecular formula is C15H21N3O. The second-order valence-electron chi connectivity index (χ2n) is 5.21. The fourth-order valence-corrected chi connectivity index (χ4v) is 1.94. The number of nitrogens with two attached hydrogens (primary N) is 1. The Balaban J connectivity index is 2.18. The van der Waals surface area contributed by atoms with Crippen molar-refractivity contribution in [3.8, 4) is 11.4 Å². The summed E-state index contributed by atoms with van der Waals surface area (Å²) < 4.78 is 5.29. The lowest BCUT2D eigenvalue weighted by Gasteiger charge is -2.04. The first-order valence-corrected chi connectivity index (χ1v) is 6.75. The van der Waals surface area contributed by atoms with Crippen LogP contribution in [0.2, 0.25) is 0 Å². The number of aromatic nitrogens is 2. The quantitative estimate of drug-likeness (QED) is 0.894. The molecule has 0 spiro atoms. The Morgan fingerprint density at radius 2 is 1.84 bits per heavy atom. The maximum absolute atomic E-state index is 5.54. The Morgan fingerprint density at radius 1 is 1.16 bits per heavy atom. The predicted molar refractivity (Wildman–Crippen MR) is 75.9 cm³/mol. The summed E-state index contributed by atoms with van der Waals surface area (Å²) in [4.78, 5) is 4.44. The fraction of sp³-hybridized carbons (Fsp3) is 0.467. The normalized spacial score (nSPS) is 12.9. The van der Waals surface area contributed by atoms with E-state index < -0.39 is 0 Å². The van der Waals surface area contributed by atoms with Crippen molar-refractivity contribution in [2.45, 2.75) is 39.0 Å². The third kappa shape index (κ3) is 3.20. The Kier molecular flexibility index (Phi) is 4.32. The van der Waals surface area contributed by atoms with E-state index in [9.17, 15) is 0 Å².